The van der Waals surface area contributed by atoms with Crippen LogP contribution in [0.15, 0.2) is 85.1 Å². The summed E-state index contributed by atoms with van der Waals surface area (Å²) in [7, 11) is 1.55. The molecule has 1 amide bonds. The maximum Gasteiger partial charge on any atom is 0.472 e. The minimum Gasteiger partial charge on any atom is -0.387 e. The maximum atomic E-state index is 13.0. The van der Waals surface area contributed by atoms with Crippen molar-refractivity contribution in [2.75, 3.05) is 40.9 Å². The van der Waals surface area contributed by atoms with E-state index >= 15 is 0 Å². The number of hydrogen-bond acceptors (Lipinski definition) is 5. The fraction of sp³-hybridized carbons (Fsp3) is 0.762. The van der Waals surface area contributed by atoms with Gasteiger partial charge in [-0.3, -0.25) is 13.8 Å². The highest BCUT2D eigenvalue weighted by Crippen LogP contribution is 2.43. The fourth-order valence-corrected chi connectivity index (χ4v) is 9.17. The van der Waals surface area contributed by atoms with Crippen LogP contribution >= 0.6 is 7.82 Å². The second-order valence-corrected chi connectivity index (χ2v) is 22.8. The monoisotopic (exact) mass is 1030 g/mol. The zero-order valence-corrected chi connectivity index (χ0v) is 48.5. The van der Waals surface area contributed by atoms with Crippen LogP contribution in [0.25, 0.3) is 0 Å². The predicted molar refractivity (Wildman–Crippen MR) is 313 cm³/mol. The zero-order chi connectivity index (χ0) is 52.7. The van der Waals surface area contributed by atoms with Gasteiger partial charge in [-0.15, -0.1) is 0 Å². The highest BCUT2D eigenvalue weighted by molar-refractivity contribution is 7.47. The highest BCUT2D eigenvalue weighted by atomic mass is 31.2. The number of hydrogen-bond donors (Lipinski definition) is 3. The Kier molecular flexibility index (Phi) is 51.8. The van der Waals surface area contributed by atoms with Crippen LogP contribution in [0.1, 0.15) is 258 Å². The molecular weight excluding hydrogens is 912 g/mol. The Morgan fingerprint density at radius 2 is 0.847 bits per heavy atom. The summed E-state index contributed by atoms with van der Waals surface area (Å²) in [4.78, 5) is 23.3. The predicted octanol–water partition coefficient (Wildman–Crippen LogP) is 18.4. The van der Waals surface area contributed by atoms with Crippen LogP contribution in [0.2, 0.25) is 0 Å². The van der Waals surface area contributed by atoms with Gasteiger partial charge in [0.2, 0.25) is 5.91 Å². The largest absolute Gasteiger partial charge is 0.472 e. The van der Waals surface area contributed by atoms with Gasteiger partial charge in [-0.25, -0.2) is 4.57 Å². The van der Waals surface area contributed by atoms with Crippen molar-refractivity contribution in [3.05, 3.63) is 85.1 Å². The molecule has 0 aliphatic carbocycles. The molecule has 0 aliphatic heterocycles. The molecule has 0 rings (SSSR count). The fourth-order valence-electron chi connectivity index (χ4n) is 8.44. The third-order valence-corrected chi connectivity index (χ3v) is 14.1. The maximum absolute atomic E-state index is 13.0. The SMILES string of the molecule is CC/C=C\C/C=C\C/C=C\C/C=C\C/C=C\CCCCCCCCCCCCCCCC(=O)NC(COP(=O)(O)OCC[N+](C)(C)C)C(O)/C=C/CC/C=C/CCCCCCCCCCCCCCCCC. The standard InChI is InChI=1S/C63H115N2O6P/c1-6-8-10-12-14-16-18-20-22-24-26-28-29-30-31-32-33-34-35-37-39-41-43-45-47-49-51-53-55-57-63(67)64-61(60-71-72(68,69)70-59-58-65(3,4)5)62(66)56-54-52-50-48-46-44-42-40-38-36-27-25-23-21-19-17-15-13-11-9-7-2/h8,10,14,16,20,22,26,28,30-31,46,48,54,56,61-62,66H,6-7,9,11-13,15,17-19,21,23-25,27,29,32-45,47,49-53,55,57-60H2,1-5H3,(H-,64,67,68,69)/p+1/b10-8-,16-14-,22-20-,28-26-,31-30-,48-46+,56-54+. The van der Waals surface area contributed by atoms with E-state index in [1.165, 1.54) is 167 Å². The van der Waals surface area contributed by atoms with Crippen LogP contribution in [0.3, 0.4) is 0 Å². The van der Waals surface area contributed by atoms with Gasteiger partial charge in [-0.05, 0) is 77.0 Å². The molecule has 0 aromatic heterocycles. The summed E-state index contributed by atoms with van der Waals surface area (Å²) in [6, 6.07) is -0.869. The summed E-state index contributed by atoms with van der Waals surface area (Å²) < 4.78 is 23.7. The Labute approximate surface area is 446 Å². The van der Waals surface area contributed by atoms with Crippen molar-refractivity contribution in [2.45, 2.75) is 270 Å². The van der Waals surface area contributed by atoms with Crippen LogP contribution in [0.4, 0.5) is 0 Å². The van der Waals surface area contributed by atoms with E-state index in [1.54, 1.807) is 6.08 Å². The third-order valence-electron chi connectivity index (χ3n) is 13.1. The Morgan fingerprint density at radius 1 is 0.486 bits per heavy atom. The molecule has 3 atom stereocenters. The molecule has 0 heterocycles. The number of aliphatic hydroxyl groups is 1. The average Bonchev–Trinajstić information content (AvgIpc) is 3.34. The first-order valence-corrected chi connectivity index (χ1v) is 31.5. The molecule has 0 saturated carbocycles. The number of carbonyl (C=O) groups excluding carboxylic acids is 1. The van der Waals surface area contributed by atoms with Crippen molar-refractivity contribution in [1.29, 1.82) is 0 Å². The third kappa shape index (κ3) is 55.4. The van der Waals surface area contributed by atoms with Gasteiger partial charge in [-0.2, -0.15) is 0 Å². The summed E-state index contributed by atoms with van der Waals surface area (Å²) in [5.74, 6) is -0.189. The molecule has 0 radical (unpaired) electrons. The first kappa shape index (κ1) is 69.7. The smallest absolute Gasteiger partial charge is 0.387 e. The van der Waals surface area contributed by atoms with E-state index in [-0.39, 0.29) is 19.1 Å². The molecule has 0 spiro atoms. The molecule has 0 bridgehead atoms. The lowest BCUT2D eigenvalue weighted by Crippen LogP contribution is -2.45. The molecule has 9 heteroatoms. The van der Waals surface area contributed by atoms with Crippen molar-refractivity contribution >= 4 is 13.7 Å². The molecule has 0 fully saturated rings. The van der Waals surface area contributed by atoms with E-state index in [4.69, 9.17) is 9.05 Å². The number of phosphoric acid groups is 1. The molecule has 0 aromatic carbocycles. The number of aliphatic hydroxyl groups excluding tert-OH is 1. The van der Waals surface area contributed by atoms with E-state index in [9.17, 15) is 19.4 Å². The summed E-state index contributed by atoms with van der Waals surface area (Å²) in [6.07, 6.45) is 75.5. The van der Waals surface area contributed by atoms with E-state index in [1.807, 2.05) is 27.2 Å². The van der Waals surface area contributed by atoms with Crippen molar-refractivity contribution in [1.82, 2.24) is 5.32 Å². The Bertz CT molecular complexity index is 1450. The molecule has 3 unspecified atom stereocenters. The van der Waals surface area contributed by atoms with Gasteiger partial charge in [0.1, 0.15) is 13.2 Å². The van der Waals surface area contributed by atoms with Gasteiger partial charge in [0, 0.05) is 6.42 Å². The van der Waals surface area contributed by atoms with Crippen molar-refractivity contribution in [3.63, 3.8) is 0 Å². The van der Waals surface area contributed by atoms with E-state index in [0.29, 0.717) is 17.4 Å². The number of quaternary nitrogens is 1. The molecular formula is C63H116N2O6P+. The van der Waals surface area contributed by atoms with Gasteiger partial charge in [0.25, 0.3) is 0 Å². The number of carbonyl (C=O) groups is 1. The quantitative estimate of drug-likeness (QED) is 0.0243. The first-order chi connectivity index (χ1) is 35.0. The van der Waals surface area contributed by atoms with Gasteiger partial charge in [0.15, 0.2) is 0 Å². The number of nitrogens with one attached hydrogen (secondary N) is 1. The number of allylic oxidation sites excluding steroid dienone is 13. The average molecular weight is 1030 g/mol. The number of phosphoric ester groups is 1. The van der Waals surface area contributed by atoms with Crippen molar-refractivity contribution < 1.29 is 32.9 Å². The van der Waals surface area contributed by atoms with E-state index in [0.717, 1.165) is 70.6 Å². The Balaban J connectivity index is 4.21. The Morgan fingerprint density at radius 3 is 1.28 bits per heavy atom. The van der Waals surface area contributed by atoms with E-state index < -0.39 is 20.0 Å². The summed E-state index contributed by atoms with van der Waals surface area (Å²) in [6.45, 7) is 4.70. The topological polar surface area (TPSA) is 105 Å². The van der Waals surface area contributed by atoms with Gasteiger partial charge in [0.05, 0.1) is 39.9 Å². The second kappa shape index (κ2) is 53.5. The lowest BCUT2D eigenvalue weighted by atomic mass is 10.0. The number of likely N-dealkylation sites (N-methyl/N-ethyl adjacent to an activating group) is 1. The highest BCUT2D eigenvalue weighted by Gasteiger charge is 2.27. The summed E-state index contributed by atoms with van der Waals surface area (Å²) in [5.41, 5.74) is 0. The van der Waals surface area contributed by atoms with Crippen LogP contribution < -0.4 is 5.32 Å². The molecule has 0 aromatic rings. The molecule has 418 valence electrons. The first-order valence-electron chi connectivity index (χ1n) is 30.0. The minimum absolute atomic E-state index is 0.0532. The lowest BCUT2D eigenvalue weighted by molar-refractivity contribution is -0.870. The minimum atomic E-state index is -4.36. The summed E-state index contributed by atoms with van der Waals surface area (Å²) in [5, 5.41) is 13.9. The molecule has 0 aliphatic rings. The van der Waals surface area contributed by atoms with Gasteiger partial charge < -0.3 is 19.8 Å². The zero-order valence-electron chi connectivity index (χ0n) is 47.7. The molecule has 0 saturated heterocycles. The normalized spacial score (nSPS) is 14.5. The summed E-state index contributed by atoms with van der Waals surface area (Å²) >= 11 is 0. The van der Waals surface area contributed by atoms with Gasteiger partial charge in [-0.1, -0.05) is 259 Å². The number of rotatable bonds is 54. The number of nitrogens with zero attached hydrogens (tertiary/aromatic N) is 1. The molecule has 3 N–H and O–H groups in total. The molecule has 72 heavy (non-hydrogen) atoms. The Hall–Kier alpha value is -2.32. The number of unbranched alkanes of at least 4 members (excludes halogenated alkanes) is 29. The van der Waals surface area contributed by atoms with Crippen LogP contribution in [0, 0.1) is 0 Å². The van der Waals surface area contributed by atoms with Crippen LogP contribution in [-0.2, 0) is 18.4 Å². The van der Waals surface area contributed by atoms with Crippen molar-refractivity contribution in [2.24, 2.45) is 0 Å². The van der Waals surface area contributed by atoms with E-state index in [2.05, 4.69) is 92.1 Å². The number of amides is 1. The second-order valence-electron chi connectivity index (χ2n) is 21.3. The van der Waals surface area contributed by atoms with Gasteiger partial charge >= 0.3 is 7.82 Å². The van der Waals surface area contributed by atoms with Crippen molar-refractivity contribution in [3.8, 4) is 0 Å². The van der Waals surface area contributed by atoms with Crippen LogP contribution in [-0.4, -0.2) is 73.4 Å². The lowest BCUT2D eigenvalue weighted by Gasteiger charge is -2.25. The van der Waals surface area contributed by atoms with Crippen LogP contribution in [0.5, 0.6) is 0 Å². The molecule has 8 nitrogen and oxygen atoms in total.